The highest BCUT2D eigenvalue weighted by Crippen LogP contribution is 2.16. The van der Waals surface area contributed by atoms with Gasteiger partial charge in [-0.25, -0.2) is 4.79 Å². The summed E-state index contributed by atoms with van der Waals surface area (Å²) < 4.78 is 10.9. The molecule has 31 heavy (non-hydrogen) atoms. The summed E-state index contributed by atoms with van der Waals surface area (Å²) in [5.41, 5.74) is 7.31. The highest BCUT2D eigenvalue weighted by atomic mass is 16.5. The molecule has 3 N–H and O–H groups in total. The Labute approximate surface area is 179 Å². The first-order chi connectivity index (χ1) is 14.9. The first-order valence-electron chi connectivity index (χ1n) is 9.61. The number of hydrogen-bond acceptors (Lipinski definition) is 5. The van der Waals surface area contributed by atoms with Gasteiger partial charge in [0.2, 0.25) is 5.91 Å². The Hall–Kier alpha value is -4.13. The second-order valence-electron chi connectivity index (χ2n) is 6.78. The van der Waals surface area contributed by atoms with E-state index in [1.165, 1.54) is 19.1 Å². The van der Waals surface area contributed by atoms with Crippen LogP contribution < -0.4 is 15.8 Å². The fraction of sp³-hybridized carbons (Fsp3) is 0.125. The summed E-state index contributed by atoms with van der Waals surface area (Å²) in [7, 11) is 0. The molecule has 0 saturated carbocycles. The molecule has 0 heterocycles. The number of benzene rings is 3. The lowest BCUT2D eigenvalue weighted by Crippen LogP contribution is -2.30. The van der Waals surface area contributed by atoms with E-state index in [-0.39, 0.29) is 0 Å². The third-order valence-corrected chi connectivity index (χ3v) is 4.43. The number of ether oxygens (including phenoxy) is 2. The topological polar surface area (TPSA) is 108 Å². The Kier molecular flexibility index (Phi) is 7.01. The fourth-order valence-electron chi connectivity index (χ4n) is 2.67. The minimum absolute atomic E-state index is 0.303. The van der Waals surface area contributed by atoms with Gasteiger partial charge in [0.05, 0.1) is 5.56 Å². The van der Waals surface area contributed by atoms with Gasteiger partial charge >= 0.3 is 5.97 Å². The standard InChI is InChI=1S/C24H22N2O5/c1-16(23(28)26-20-11-7-18(8-12-20)22(25)27)31-24(29)19-9-13-21(14-10-19)30-15-17-5-3-2-4-6-17/h2-14,16H,15H2,1H3,(H2,25,27)(H,26,28)/t16-/m1/s1. The zero-order valence-corrected chi connectivity index (χ0v) is 16.9. The molecule has 0 unspecified atom stereocenters. The highest BCUT2D eigenvalue weighted by molar-refractivity contribution is 5.98. The summed E-state index contributed by atoms with van der Waals surface area (Å²) in [5, 5.41) is 2.62. The minimum atomic E-state index is -1.02. The molecule has 158 valence electrons. The Morgan fingerprint density at radius 1 is 0.871 bits per heavy atom. The molecule has 3 aromatic rings. The van der Waals surface area contributed by atoms with E-state index in [2.05, 4.69) is 5.32 Å². The average molecular weight is 418 g/mol. The maximum atomic E-state index is 12.3. The monoisotopic (exact) mass is 418 g/mol. The second-order valence-corrected chi connectivity index (χ2v) is 6.78. The fourth-order valence-corrected chi connectivity index (χ4v) is 2.67. The van der Waals surface area contributed by atoms with E-state index in [0.717, 1.165) is 5.56 Å². The van der Waals surface area contributed by atoms with Crippen molar-refractivity contribution < 1.29 is 23.9 Å². The lowest BCUT2D eigenvalue weighted by Gasteiger charge is -2.14. The Balaban J connectivity index is 1.51. The second kappa shape index (κ2) is 10.1. The van der Waals surface area contributed by atoms with Gasteiger partial charge in [-0.3, -0.25) is 9.59 Å². The predicted octanol–water partition coefficient (Wildman–Crippen LogP) is 3.55. The first kappa shape index (κ1) is 21.6. The molecule has 3 aromatic carbocycles. The third kappa shape index (κ3) is 6.17. The van der Waals surface area contributed by atoms with Gasteiger partial charge in [0.15, 0.2) is 6.10 Å². The van der Waals surface area contributed by atoms with E-state index < -0.39 is 23.9 Å². The van der Waals surface area contributed by atoms with Crippen LogP contribution in [0.1, 0.15) is 33.2 Å². The van der Waals surface area contributed by atoms with Gasteiger partial charge in [0, 0.05) is 11.3 Å². The smallest absolute Gasteiger partial charge is 0.338 e. The summed E-state index contributed by atoms with van der Waals surface area (Å²) in [4.78, 5) is 35.7. The van der Waals surface area contributed by atoms with Crippen molar-refractivity contribution in [3.05, 3.63) is 95.6 Å². The molecule has 0 fully saturated rings. The molecular weight excluding hydrogens is 396 g/mol. The van der Waals surface area contributed by atoms with Gasteiger partial charge in [-0.15, -0.1) is 0 Å². The quantitative estimate of drug-likeness (QED) is 0.544. The van der Waals surface area contributed by atoms with Crippen molar-refractivity contribution in [1.29, 1.82) is 0 Å². The summed E-state index contributed by atoms with van der Waals surface area (Å²) >= 11 is 0. The van der Waals surface area contributed by atoms with E-state index in [0.29, 0.717) is 29.2 Å². The highest BCUT2D eigenvalue weighted by Gasteiger charge is 2.19. The summed E-state index contributed by atoms with van der Waals surface area (Å²) in [6.45, 7) is 1.89. The zero-order valence-electron chi connectivity index (χ0n) is 16.9. The number of esters is 1. The van der Waals surface area contributed by atoms with Gasteiger partial charge in [0.1, 0.15) is 12.4 Å². The SMILES string of the molecule is C[C@@H](OC(=O)c1ccc(OCc2ccccc2)cc1)C(=O)Nc1ccc(C(N)=O)cc1. The third-order valence-electron chi connectivity index (χ3n) is 4.43. The number of hydrogen-bond donors (Lipinski definition) is 2. The first-order valence-corrected chi connectivity index (χ1v) is 9.61. The van der Waals surface area contributed by atoms with E-state index in [1.807, 2.05) is 30.3 Å². The Morgan fingerprint density at radius 3 is 2.10 bits per heavy atom. The summed E-state index contributed by atoms with van der Waals surface area (Å²) in [6.07, 6.45) is -1.02. The summed E-state index contributed by atoms with van der Waals surface area (Å²) in [5.74, 6) is -1.06. The van der Waals surface area contributed by atoms with Crippen molar-refractivity contribution in [3.8, 4) is 5.75 Å². The van der Waals surface area contributed by atoms with Crippen LogP contribution in [0.2, 0.25) is 0 Å². The van der Waals surface area contributed by atoms with Gasteiger partial charge in [-0.2, -0.15) is 0 Å². The zero-order chi connectivity index (χ0) is 22.2. The van der Waals surface area contributed by atoms with Crippen LogP contribution in [-0.2, 0) is 16.1 Å². The van der Waals surface area contributed by atoms with E-state index in [1.54, 1.807) is 36.4 Å². The molecule has 2 amide bonds. The van der Waals surface area contributed by atoms with Gasteiger partial charge in [-0.05, 0) is 61.0 Å². The number of anilines is 1. The molecule has 0 spiro atoms. The maximum absolute atomic E-state index is 12.3. The normalized spacial score (nSPS) is 11.3. The molecule has 0 radical (unpaired) electrons. The Bertz CT molecular complexity index is 1050. The molecule has 0 aromatic heterocycles. The molecule has 0 bridgehead atoms. The largest absolute Gasteiger partial charge is 0.489 e. The van der Waals surface area contributed by atoms with Gasteiger partial charge in [0.25, 0.3) is 5.91 Å². The van der Waals surface area contributed by atoms with Crippen molar-refractivity contribution in [2.24, 2.45) is 5.73 Å². The molecule has 0 aliphatic carbocycles. The van der Waals surface area contributed by atoms with Crippen LogP contribution in [-0.4, -0.2) is 23.9 Å². The number of carbonyl (C=O) groups excluding carboxylic acids is 3. The number of primary amides is 1. The van der Waals surface area contributed by atoms with E-state index >= 15 is 0 Å². The molecule has 7 nitrogen and oxygen atoms in total. The molecule has 1 atom stereocenters. The number of amides is 2. The van der Waals surface area contributed by atoms with Crippen LogP contribution in [0, 0.1) is 0 Å². The lowest BCUT2D eigenvalue weighted by molar-refractivity contribution is -0.123. The van der Waals surface area contributed by atoms with Crippen LogP contribution in [0.25, 0.3) is 0 Å². The molecule has 0 aliphatic heterocycles. The molecule has 0 saturated heterocycles. The molecule has 0 aliphatic rings. The number of carbonyl (C=O) groups is 3. The van der Waals surface area contributed by atoms with E-state index in [9.17, 15) is 14.4 Å². The van der Waals surface area contributed by atoms with Crippen molar-refractivity contribution in [3.63, 3.8) is 0 Å². The molecular formula is C24H22N2O5. The number of nitrogens with two attached hydrogens (primary N) is 1. The van der Waals surface area contributed by atoms with Crippen LogP contribution in [0.15, 0.2) is 78.9 Å². The van der Waals surface area contributed by atoms with Crippen molar-refractivity contribution in [2.75, 3.05) is 5.32 Å². The van der Waals surface area contributed by atoms with E-state index in [4.69, 9.17) is 15.2 Å². The summed E-state index contributed by atoms with van der Waals surface area (Å²) in [6, 6.07) is 22.3. The number of rotatable bonds is 8. The van der Waals surface area contributed by atoms with Crippen LogP contribution in [0.3, 0.4) is 0 Å². The van der Waals surface area contributed by atoms with Crippen molar-refractivity contribution in [2.45, 2.75) is 19.6 Å². The minimum Gasteiger partial charge on any atom is -0.489 e. The number of nitrogens with one attached hydrogen (secondary N) is 1. The van der Waals surface area contributed by atoms with Crippen LogP contribution >= 0.6 is 0 Å². The molecule has 3 rings (SSSR count). The Morgan fingerprint density at radius 2 is 1.48 bits per heavy atom. The van der Waals surface area contributed by atoms with Gasteiger partial charge < -0.3 is 20.5 Å². The molecule has 7 heteroatoms. The van der Waals surface area contributed by atoms with Crippen molar-refractivity contribution >= 4 is 23.5 Å². The lowest BCUT2D eigenvalue weighted by atomic mass is 10.2. The average Bonchev–Trinajstić information content (AvgIpc) is 2.79. The maximum Gasteiger partial charge on any atom is 0.338 e. The van der Waals surface area contributed by atoms with Crippen LogP contribution in [0.4, 0.5) is 5.69 Å². The van der Waals surface area contributed by atoms with Gasteiger partial charge in [-0.1, -0.05) is 30.3 Å². The van der Waals surface area contributed by atoms with Crippen LogP contribution in [0.5, 0.6) is 5.75 Å². The van der Waals surface area contributed by atoms with Crippen molar-refractivity contribution in [1.82, 2.24) is 0 Å². The predicted molar refractivity (Wildman–Crippen MR) is 116 cm³/mol.